The Labute approximate surface area is 226 Å². The molecule has 0 unspecified atom stereocenters. The van der Waals surface area contributed by atoms with Crippen LogP contribution in [0.5, 0.6) is 5.75 Å². The van der Waals surface area contributed by atoms with Crippen LogP contribution in [0, 0.1) is 11.8 Å². The van der Waals surface area contributed by atoms with Gasteiger partial charge in [0, 0.05) is 41.2 Å². The Balaban J connectivity index is 1.68. The molecule has 0 fully saturated rings. The predicted octanol–water partition coefficient (Wildman–Crippen LogP) is 2.99. The number of phenols is 1. The Bertz CT molecular complexity index is 1360. The first kappa shape index (κ1) is 26.9. The summed E-state index contributed by atoms with van der Waals surface area (Å²) in [6.07, 6.45) is 1.17. The number of fused-ring (bicyclic) bond motifs is 4. The van der Waals surface area contributed by atoms with Gasteiger partial charge in [-0.2, -0.15) is 0 Å². The van der Waals surface area contributed by atoms with Gasteiger partial charge in [0.15, 0.2) is 17.2 Å². The van der Waals surface area contributed by atoms with E-state index in [0.29, 0.717) is 29.2 Å². The van der Waals surface area contributed by atoms with E-state index in [2.05, 4.69) is 18.7 Å². The third kappa shape index (κ3) is 3.38. The minimum Gasteiger partial charge on any atom is -0.510 e. The highest BCUT2D eigenvalue weighted by atomic mass is 35.5. The zero-order valence-electron chi connectivity index (χ0n) is 22.1. The van der Waals surface area contributed by atoms with Crippen molar-refractivity contribution in [1.82, 2.24) is 9.80 Å². The highest BCUT2D eigenvalue weighted by molar-refractivity contribution is 6.33. The lowest BCUT2D eigenvalue weighted by molar-refractivity contribution is -0.148. The lowest BCUT2D eigenvalue weighted by atomic mass is 9.58. The molecule has 9 nitrogen and oxygen atoms in total. The number of aromatic hydroxyl groups is 1. The topological polar surface area (TPSA) is 139 Å². The monoisotopic (exact) mass is 544 g/mol. The minimum atomic E-state index is -2.58. The molecule has 0 spiro atoms. The average Bonchev–Trinajstić information content (AvgIpc) is 3.30. The SMILES string of the molecule is CC[C@H](C)N1Cc2c(O)c3c(c(Cl)c2C1)C[C@H]1C[C@H]2[C@H](N(C)C)C(O)=C(C(C)=O)C(=O)[C@@]2(O)C(O)=C1C3=O. The summed E-state index contributed by atoms with van der Waals surface area (Å²) in [5.41, 5.74) is -1.51. The predicted molar refractivity (Wildman–Crippen MR) is 139 cm³/mol. The van der Waals surface area contributed by atoms with Gasteiger partial charge in [0.25, 0.3) is 0 Å². The Kier molecular flexibility index (Phi) is 6.30. The Morgan fingerprint density at radius 1 is 1.16 bits per heavy atom. The number of aliphatic hydroxyl groups excluding tert-OH is 2. The van der Waals surface area contributed by atoms with Gasteiger partial charge in [0.05, 0.1) is 11.6 Å². The molecule has 0 bridgehead atoms. The number of carbonyl (C=O) groups is 3. The number of ketones is 3. The summed E-state index contributed by atoms with van der Waals surface area (Å²) in [5.74, 6) is -5.70. The van der Waals surface area contributed by atoms with Gasteiger partial charge in [0.1, 0.15) is 22.8 Å². The quantitative estimate of drug-likeness (QED) is 0.421. The summed E-state index contributed by atoms with van der Waals surface area (Å²) >= 11 is 6.87. The van der Waals surface area contributed by atoms with Crippen molar-refractivity contribution < 1.29 is 34.8 Å². The van der Waals surface area contributed by atoms with Crippen molar-refractivity contribution in [2.75, 3.05) is 14.1 Å². The molecule has 0 saturated heterocycles. The van der Waals surface area contributed by atoms with Crippen molar-refractivity contribution in [3.8, 4) is 5.75 Å². The number of likely N-dealkylation sites (N-methyl/N-ethyl adjacent to an activating group) is 1. The van der Waals surface area contributed by atoms with Crippen LogP contribution >= 0.6 is 11.6 Å². The van der Waals surface area contributed by atoms with Crippen molar-refractivity contribution in [3.05, 3.63) is 49.9 Å². The maximum Gasteiger partial charge on any atom is 0.209 e. The summed E-state index contributed by atoms with van der Waals surface area (Å²) in [6.45, 7) is 6.22. The normalized spacial score (nSPS) is 29.8. The molecule has 0 radical (unpaired) electrons. The van der Waals surface area contributed by atoms with Gasteiger partial charge in [-0.15, -0.1) is 0 Å². The third-order valence-electron chi connectivity index (χ3n) is 9.08. The number of carbonyl (C=O) groups excluding carboxylic acids is 3. The molecule has 10 heteroatoms. The molecule has 204 valence electrons. The van der Waals surface area contributed by atoms with Crippen molar-refractivity contribution in [2.45, 2.75) is 70.8 Å². The van der Waals surface area contributed by atoms with Crippen LogP contribution in [0.2, 0.25) is 5.02 Å². The molecule has 4 aliphatic rings. The molecule has 3 aliphatic carbocycles. The highest BCUT2D eigenvalue weighted by Crippen LogP contribution is 2.54. The number of phenolic OH excluding ortho intramolecular Hbond substituents is 1. The molecule has 1 heterocycles. The van der Waals surface area contributed by atoms with Crippen LogP contribution in [-0.2, 0) is 29.1 Å². The van der Waals surface area contributed by atoms with Crippen LogP contribution in [0.15, 0.2) is 22.7 Å². The van der Waals surface area contributed by atoms with E-state index in [-0.39, 0.29) is 35.8 Å². The Morgan fingerprint density at radius 2 is 1.79 bits per heavy atom. The van der Waals surface area contributed by atoms with Crippen LogP contribution in [-0.4, -0.2) is 79.4 Å². The summed E-state index contributed by atoms with van der Waals surface area (Å²) < 4.78 is 0. The molecule has 0 saturated carbocycles. The van der Waals surface area contributed by atoms with E-state index >= 15 is 0 Å². The number of benzene rings is 1. The second-order valence-electron chi connectivity index (χ2n) is 11.3. The number of halogens is 1. The second kappa shape index (κ2) is 8.91. The van der Waals surface area contributed by atoms with Crippen molar-refractivity contribution >= 4 is 29.0 Å². The molecule has 5 atom stereocenters. The van der Waals surface area contributed by atoms with Gasteiger partial charge < -0.3 is 20.4 Å². The van der Waals surface area contributed by atoms with Crippen molar-refractivity contribution in [2.24, 2.45) is 11.8 Å². The lowest BCUT2D eigenvalue weighted by Crippen LogP contribution is -2.63. The molecule has 38 heavy (non-hydrogen) atoms. The fourth-order valence-electron chi connectivity index (χ4n) is 6.92. The van der Waals surface area contributed by atoms with Gasteiger partial charge in [-0.3, -0.25) is 24.2 Å². The van der Waals surface area contributed by atoms with Gasteiger partial charge in [-0.05, 0) is 64.3 Å². The largest absolute Gasteiger partial charge is 0.510 e. The van der Waals surface area contributed by atoms with E-state index in [4.69, 9.17) is 11.6 Å². The van der Waals surface area contributed by atoms with E-state index in [1.807, 2.05) is 0 Å². The second-order valence-corrected chi connectivity index (χ2v) is 11.7. The smallest absolute Gasteiger partial charge is 0.209 e. The first-order valence-corrected chi connectivity index (χ1v) is 13.3. The molecule has 1 aromatic rings. The highest BCUT2D eigenvalue weighted by Gasteiger charge is 2.63. The van der Waals surface area contributed by atoms with Crippen molar-refractivity contribution in [3.63, 3.8) is 0 Å². The van der Waals surface area contributed by atoms with E-state index in [9.17, 15) is 34.8 Å². The number of allylic oxidation sites excluding steroid dienone is 1. The molecule has 5 rings (SSSR count). The zero-order valence-corrected chi connectivity index (χ0v) is 22.9. The number of hydrogen-bond acceptors (Lipinski definition) is 9. The molecule has 4 N–H and O–H groups in total. The number of aliphatic hydroxyl groups is 3. The molecular weight excluding hydrogens is 512 g/mol. The minimum absolute atomic E-state index is 0.0165. The molecular formula is C28H33ClN2O7. The summed E-state index contributed by atoms with van der Waals surface area (Å²) in [5, 5.41) is 45.8. The average molecular weight is 545 g/mol. The fourth-order valence-corrected chi connectivity index (χ4v) is 7.26. The maximum absolute atomic E-state index is 13.9. The fraction of sp³-hybridized carbons (Fsp3) is 0.536. The van der Waals surface area contributed by atoms with Gasteiger partial charge in [-0.25, -0.2) is 0 Å². The molecule has 1 aliphatic heterocycles. The van der Waals surface area contributed by atoms with Crippen LogP contribution < -0.4 is 0 Å². The third-order valence-corrected chi connectivity index (χ3v) is 9.53. The van der Waals surface area contributed by atoms with Gasteiger partial charge >= 0.3 is 0 Å². The van der Waals surface area contributed by atoms with Crippen LogP contribution in [0.1, 0.15) is 60.7 Å². The zero-order chi connectivity index (χ0) is 28.0. The summed E-state index contributed by atoms with van der Waals surface area (Å²) in [7, 11) is 3.27. The number of nitrogens with zero attached hydrogens (tertiary/aromatic N) is 2. The lowest BCUT2D eigenvalue weighted by Gasteiger charge is -2.50. The van der Waals surface area contributed by atoms with Gasteiger partial charge in [-0.1, -0.05) is 18.5 Å². The standard InChI is InChI=1S/C28H33ClN2O7/c1-6-11(2)31-9-15-16(10-31)23(33)20-14(21(15)29)7-13-8-17-22(30(4)5)25(35)18(12(3)32)26(36)28(17,38)27(37)19(13)24(20)34/h11,13,17,22,33,35,37-38H,6-10H2,1-5H3/t11-,13-,17-,22-,28+/m0/s1. The Hall–Kier alpha value is -2.72. The van der Waals surface area contributed by atoms with Crippen LogP contribution in [0.4, 0.5) is 0 Å². The van der Waals surface area contributed by atoms with E-state index < -0.39 is 57.9 Å². The number of Topliss-reactive ketones (excluding diaryl/α,β-unsaturated/α-hetero) is 3. The molecule has 0 aromatic heterocycles. The summed E-state index contributed by atoms with van der Waals surface area (Å²) in [4.78, 5) is 43.4. The Morgan fingerprint density at radius 3 is 2.37 bits per heavy atom. The van der Waals surface area contributed by atoms with E-state index in [1.54, 1.807) is 19.0 Å². The van der Waals surface area contributed by atoms with Crippen molar-refractivity contribution in [1.29, 1.82) is 0 Å². The maximum atomic E-state index is 13.9. The first-order chi connectivity index (χ1) is 17.8. The molecule has 0 amide bonds. The molecule has 1 aromatic carbocycles. The summed E-state index contributed by atoms with van der Waals surface area (Å²) in [6, 6.07) is -0.716. The van der Waals surface area contributed by atoms with Gasteiger partial charge in [0.2, 0.25) is 5.78 Å². The first-order valence-electron chi connectivity index (χ1n) is 12.9. The van der Waals surface area contributed by atoms with E-state index in [1.165, 1.54) is 0 Å². The van der Waals surface area contributed by atoms with Crippen LogP contribution in [0.25, 0.3) is 0 Å². The van der Waals surface area contributed by atoms with Crippen LogP contribution in [0.3, 0.4) is 0 Å². The van der Waals surface area contributed by atoms with E-state index in [0.717, 1.165) is 18.9 Å². The number of rotatable bonds is 4. The number of hydrogen-bond donors (Lipinski definition) is 4.